The van der Waals surface area contributed by atoms with E-state index in [1.54, 1.807) is 18.2 Å². The SMILES string of the molecule is COC(=O)N1CCc2ccccc2[C@@H]1C(=O)Nc1ccccc1C(F)(F)F. The van der Waals surface area contributed by atoms with Crippen LogP contribution in [0.25, 0.3) is 0 Å². The molecule has 0 aromatic heterocycles. The highest BCUT2D eigenvalue weighted by molar-refractivity contribution is 5.98. The number of amides is 2. The van der Waals surface area contributed by atoms with Crippen molar-refractivity contribution < 1.29 is 27.5 Å². The first-order valence-corrected chi connectivity index (χ1v) is 8.22. The Balaban J connectivity index is 1.98. The summed E-state index contributed by atoms with van der Waals surface area (Å²) in [5.74, 6) is -0.732. The summed E-state index contributed by atoms with van der Waals surface area (Å²) >= 11 is 0. The molecule has 5 nitrogen and oxygen atoms in total. The number of rotatable bonds is 2. The highest BCUT2D eigenvalue weighted by Gasteiger charge is 2.38. The zero-order valence-corrected chi connectivity index (χ0v) is 14.4. The first kappa shape index (κ1) is 18.8. The van der Waals surface area contributed by atoms with E-state index < -0.39 is 29.8 Å². The summed E-state index contributed by atoms with van der Waals surface area (Å²) in [6.45, 7) is 0.225. The standard InChI is InChI=1S/C19H17F3N2O3/c1-27-18(26)24-11-10-12-6-2-3-7-13(12)16(24)17(25)23-15-9-5-4-8-14(15)19(20,21)22/h2-9,16H,10-11H2,1H3,(H,23,25)/t16-/m1/s1. The minimum Gasteiger partial charge on any atom is -0.453 e. The van der Waals surface area contributed by atoms with Gasteiger partial charge in [0.15, 0.2) is 0 Å². The highest BCUT2D eigenvalue weighted by Crippen LogP contribution is 2.36. The average Bonchev–Trinajstić information content (AvgIpc) is 2.66. The van der Waals surface area contributed by atoms with Gasteiger partial charge >= 0.3 is 12.3 Å². The summed E-state index contributed by atoms with van der Waals surface area (Å²) in [5.41, 5.74) is 0.119. The molecule has 1 aliphatic rings. The van der Waals surface area contributed by atoms with Crippen LogP contribution in [0.4, 0.5) is 23.7 Å². The third kappa shape index (κ3) is 3.74. The van der Waals surface area contributed by atoms with Crippen LogP contribution in [0.2, 0.25) is 0 Å². The van der Waals surface area contributed by atoms with Crippen LogP contribution in [0.1, 0.15) is 22.7 Å². The van der Waals surface area contributed by atoms with Gasteiger partial charge in [0, 0.05) is 6.54 Å². The molecule has 0 bridgehead atoms. The number of alkyl halides is 3. The molecule has 0 unspecified atom stereocenters. The number of methoxy groups -OCH3 is 1. The van der Waals surface area contributed by atoms with Crippen molar-refractivity contribution in [1.82, 2.24) is 4.90 Å². The lowest BCUT2D eigenvalue weighted by molar-refractivity contribution is -0.137. The number of halogens is 3. The van der Waals surface area contributed by atoms with Gasteiger partial charge in [0.05, 0.1) is 18.4 Å². The molecular weight excluding hydrogens is 361 g/mol. The zero-order chi connectivity index (χ0) is 19.6. The maximum atomic E-state index is 13.2. The molecule has 0 fully saturated rings. The Morgan fingerprint density at radius 3 is 2.48 bits per heavy atom. The van der Waals surface area contributed by atoms with Crippen LogP contribution in [0.5, 0.6) is 0 Å². The third-order valence-electron chi connectivity index (χ3n) is 4.43. The number of ether oxygens (including phenoxy) is 1. The summed E-state index contributed by atoms with van der Waals surface area (Å²) in [6.07, 6.45) is -4.81. The third-order valence-corrected chi connectivity index (χ3v) is 4.43. The van der Waals surface area contributed by atoms with E-state index in [-0.39, 0.29) is 12.2 Å². The van der Waals surface area contributed by atoms with Gasteiger partial charge in [0.1, 0.15) is 6.04 Å². The van der Waals surface area contributed by atoms with Crippen LogP contribution in [0.3, 0.4) is 0 Å². The maximum Gasteiger partial charge on any atom is 0.418 e. The highest BCUT2D eigenvalue weighted by atomic mass is 19.4. The number of anilines is 1. The molecule has 0 saturated heterocycles. The Labute approximate surface area is 153 Å². The van der Waals surface area contributed by atoms with Crippen molar-refractivity contribution in [2.24, 2.45) is 0 Å². The van der Waals surface area contributed by atoms with Crippen molar-refractivity contribution in [1.29, 1.82) is 0 Å². The number of nitrogens with zero attached hydrogens (tertiary/aromatic N) is 1. The summed E-state index contributed by atoms with van der Waals surface area (Å²) in [4.78, 5) is 26.2. The second kappa shape index (κ2) is 7.30. The van der Waals surface area contributed by atoms with Gasteiger partial charge in [0.2, 0.25) is 0 Å². The quantitative estimate of drug-likeness (QED) is 0.859. The predicted octanol–water partition coefficient (Wildman–Crippen LogP) is 4.01. The predicted molar refractivity (Wildman–Crippen MR) is 92.1 cm³/mol. The summed E-state index contributed by atoms with van der Waals surface area (Å²) in [6, 6.07) is 10.7. The molecule has 3 rings (SSSR count). The lowest BCUT2D eigenvalue weighted by Crippen LogP contribution is -2.45. The fourth-order valence-electron chi connectivity index (χ4n) is 3.20. The van der Waals surface area contributed by atoms with Gasteiger partial charge in [-0.1, -0.05) is 36.4 Å². The van der Waals surface area contributed by atoms with Crippen molar-refractivity contribution in [3.8, 4) is 0 Å². The van der Waals surface area contributed by atoms with Gasteiger partial charge in [-0.2, -0.15) is 13.2 Å². The average molecular weight is 378 g/mol. The summed E-state index contributed by atoms with van der Waals surface area (Å²) in [5, 5.41) is 2.33. The topological polar surface area (TPSA) is 58.6 Å². The molecule has 0 aliphatic carbocycles. The molecule has 8 heteroatoms. The monoisotopic (exact) mass is 378 g/mol. The van der Waals surface area contributed by atoms with E-state index in [0.29, 0.717) is 12.0 Å². The summed E-state index contributed by atoms with van der Waals surface area (Å²) < 4.78 is 44.4. The van der Waals surface area contributed by atoms with Crippen LogP contribution < -0.4 is 5.32 Å². The number of nitrogens with one attached hydrogen (secondary N) is 1. The van der Waals surface area contributed by atoms with Crippen LogP contribution >= 0.6 is 0 Å². The molecule has 2 aromatic rings. The molecule has 0 spiro atoms. The molecule has 0 saturated carbocycles. The van der Waals surface area contributed by atoms with Crippen molar-refractivity contribution in [3.05, 3.63) is 65.2 Å². The van der Waals surface area contributed by atoms with Gasteiger partial charge in [-0.05, 0) is 29.7 Å². The van der Waals surface area contributed by atoms with Gasteiger partial charge in [-0.25, -0.2) is 4.79 Å². The van der Waals surface area contributed by atoms with Crippen molar-refractivity contribution >= 4 is 17.7 Å². The van der Waals surface area contributed by atoms with E-state index in [1.165, 1.54) is 30.2 Å². The number of fused-ring (bicyclic) bond motifs is 1. The Bertz CT molecular complexity index is 867. The molecule has 1 heterocycles. The van der Waals surface area contributed by atoms with Crippen LogP contribution in [0.15, 0.2) is 48.5 Å². The van der Waals surface area contributed by atoms with E-state index in [1.807, 2.05) is 6.07 Å². The Morgan fingerprint density at radius 2 is 1.78 bits per heavy atom. The number of benzene rings is 2. The van der Waals surface area contributed by atoms with Crippen molar-refractivity contribution in [2.75, 3.05) is 19.0 Å². The number of carbonyl (C=O) groups excluding carboxylic acids is 2. The number of carbonyl (C=O) groups is 2. The fraction of sp³-hybridized carbons (Fsp3) is 0.263. The van der Waals surface area contributed by atoms with Crippen LogP contribution in [-0.4, -0.2) is 30.6 Å². The molecule has 1 aliphatic heterocycles. The van der Waals surface area contributed by atoms with Crippen LogP contribution in [0, 0.1) is 0 Å². The zero-order valence-electron chi connectivity index (χ0n) is 14.4. The van der Waals surface area contributed by atoms with Crippen molar-refractivity contribution in [3.63, 3.8) is 0 Å². The van der Waals surface area contributed by atoms with Gasteiger partial charge < -0.3 is 10.1 Å². The molecule has 142 valence electrons. The Hall–Kier alpha value is -3.03. The second-order valence-corrected chi connectivity index (χ2v) is 6.05. The second-order valence-electron chi connectivity index (χ2n) is 6.05. The largest absolute Gasteiger partial charge is 0.453 e. The molecule has 1 atom stereocenters. The first-order chi connectivity index (χ1) is 12.8. The lowest BCUT2D eigenvalue weighted by atomic mass is 9.92. The minimum absolute atomic E-state index is 0.225. The van der Waals surface area contributed by atoms with Gasteiger partial charge in [-0.3, -0.25) is 9.69 Å². The smallest absolute Gasteiger partial charge is 0.418 e. The summed E-state index contributed by atoms with van der Waals surface area (Å²) in [7, 11) is 1.19. The Kier molecular flexibility index (Phi) is 5.07. The number of hydrogen-bond acceptors (Lipinski definition) is 3. The molecule has 2 amide bonds. The normalized spacial score (nSPS) is 16.4. The van der Waals surface area contributed by atoms with E-state index in [9.17, 15) is 22.8 Å². The maximum absolute atomic E-state index is 13.2. The Morgan fingerprint density at radius 1 is 1.11 bits per heavy atom. The molecule has 2 aromatic carbocycles. The fourth-order valence-corrected chi connectivity index (χ4v) is 3.20. The molecular formula is C19H17F3N2O3. The first-order valence-electron chi connectivity index (χ1n) is 8.22. The van der Waals surface area contributed by atoms with E-state index in [0.717, 1.165) is 11.6 Å². The number of hydrogen-bond donors (Lipinski definition) is 1. The van der Waals surface area contributed by atoms with E-state index >= 15 is 0 Å². The van der Waals surface area contributed by atoms with E-state index in [4.69, 9.17) is 4.74 Å². The van der Waals surface area contributed by atoms with Gasteiger partial charge in [-0.15, -0.1) is 0 Å². The van der Waals surface area contributed by atoms with Crippen LogP contribution in [-0.2, 0) is 22.1 Å². The number of para-hydroxylation sites is 1. The van der Waals surface area contributed by atoms with Gasteiger partial charge in [0.25, 0.3) is 5.91 Å². The van der Waals surface area contributed by atoms with Crippen molar-refractivity contribution in [2.45, 2.75) is 18.6 Å². The molecule has 1 N–H and O–H groups in total. The molecule has 27 heavy (non-hydrogen) atoms. The van der Waals surface area contributed by atoms with E-state index in [2.05, 4.69) is 5.32 Å². The minimum atomic E-state index is -4.61. The lowest BCUT2D eigenvalue weighted by Gasteiger charge is -2.35. The molecule has 0 radical (unpaired) electrons.